The van der Waals surface area contributed by atoms with E-state index in [0.717, 1.165) is 15.8 Å². The van der Waals surface area contributed by atoms with Crippen LogP contribution >= 0.6 is 11.6 Å². The van der Waals surface area contributed by atoms with E-state index >= 15 is 0 Å². The summed E-state index contributed by atoms with van der Waals surface area (Å²) in [4.78, 5) is 35.4. The van der Waals surface area contributed by atoms with Crippen LogP contribution in [0.25, 0.3) is 11.2 Å². The molecule has 4 rings (SSSR count). The number of hydrogen-bond acceptors (Lipinski definition) is 6. The van der Waals surface area contributed by atoms with Crippen molar-refractivity contribution in [2.75, 3.05) is 6.54 Å². The van der Waals surface area contributed by atoms with Crippen LogP contribution in [0.4, 0.5) is 0 Å². The number of aliphatic hydroxyl groups excluding tert-OH is 1. The molecular formula is C24H28ClN5O4. The Bertz CT molecular complexity index is 1370. The maximum atomic E-state index is 13.5. The molecule has 0 amide bonds. The number of ether oxygens (including phenoxy) is 1. The summed E-state index contributed by atoms with van der Waals surface area (Å²) in [5.74, 6) is 0. The largest absolute Gasteiger partial charge is 0.455 e. The van der Waals surface area contributed by atoms with E-state index in [0.29, 0.717) is 31.0 Å². The van der Waals surface area contributed by atoms with Crippen molar-refractivity contribution in [2.24, 2.45) is 12.0 Å². The van der Waals surface area contributed by atoms with Gasteiger partial charge in [0.1, 0.15) is 6.10 Å². The molecule has 2 unspecified atom stereocenters. The fraction of sp³-hybridized carbons (Fsp3) is 0.417. The first kappa shape index (κ1) is 24.0. The SMILES string of the molecule is CCC(O)CCn1c(=O)c2c(nc(OC3C=CC(C)=NC3)n2Cc2ccc(Cl)cc2)n(C)c1=O. The minimum absolute atomic E-state index is 0.109. The number of aryl methyl sites for hydroxylation is 1. The summed E-state index contributed by atoms with van der Waals surface area (Å²) < 4.78 is 10.3. The normalized spacial score (nSPS) is 16.6. The Morgan fingerprint density at radius 2 is 1.97 bits per heavy atom. The second-order valence-electron chi connectivity index (χ2n) is 8.43. The van der Waals surface area contributed by atoms with Gasteiger partial charge in [-0.15, -0.1) is 0 Å². The van der Waals surface area contributed by atoms with Gasteiger partial charge >= 0.3 is 5.69 Å². The summed E-state index contributed by atoms with van der Waals surface area (Å²) in [7, 11) is 1.58. The molecule has 2 atom stereocenters. The molecule has 0 fully saturated rings. The molecule has 0 saturated heterocycles. The number of allylic oxidation sites excluding steroid dienone is 1. The second-order valence-corrected chi connectivity index (χ2v) is 8.86. The van der Waals surface area contributed by atoms with Crippen molar-refractivity contribution in [3.05, 3.63) is 67.8 Å². The summed E-state index contributed by atoms with van der Waals surface area (Å²) in [6, 6.07) is 7.51. The highest BCUT2D eigenvalue weighted by Gasteiger charge is 2.23. The van der Waals surface area contributed by atoms with E-state index in [4.69, 9.17) is 16.3 Å². The van der Waals surface area contributed by atoms with Crippen molar-refractivity contribution in [1.29, 1.82) is 0 Å². The average molecular weight is 486 g/mol. The van der Waals surface area contributed by atoms with Crippen molar-refractivity contribution in [3.63, 3.8) is 0 Å². The van der Waals surface area contributed by atoms with E-state index in [1.807, 2.05) is 38.1 Å². The van der Waals surface area contributed by atoms with Gasteiger partial charge in [-0.2, -0.15) is 4.98 Å². The van der Waals surface area contributed by atoms with Crippen LogP contribution < -0.4 is 16.0 Å². The number of hydrogen-bond donors (Lipinski definition) is 1. The van der Waals surface area contributed by atoms with Crippen molar-refractivity contribution in [1.82, 2.24) is 18.7 Å². The summed E-state index contributed by atoms with van der Waals surface area (Å²) in [5.41, 5.74) is 1.35. The summed E-state index contributed by atoms with van der Waals surface area (Å²) in [5, 5.41) is 10.6. The highest BCUT2D eigenvalue weighted by atomic mass is 35.5. The van der Waals surface area contributed by atoms with E-state index in [9.17, 15) is 14.7 Å². The Morgan fingerprint density at radius 1 is 1.24 bits per heavy atom. The van der Waals surface area contributed by atoms with Gasteiger partial charge in [-0.25, -0.2) is 4.79 Å². The fourth-order valence-corrected chi connectivity index (χ4v) is 3.97. The van der Waals surface area contributed by atoms with Crippen LogP contribution in [0.5, 0.6) is 6.01 Å². The minimum atomic E-state index is -0.590. The molecule has 34 heavy (non-hydrogen) atoms. The number of aromatic nitrogens is 4. The lowest BCUT2D eigenvalue weighted by Crippen LogP contribution is -2.40. The van der Waals surface area contributed by atoms with Crippen LogP contribution in [0.3, 0.4) is 0 Å². The molecule has 0 radical (unpaired) electrons. The number of dihydropyridines is 1. The molecule has 9 nitrogen and oxygen atoms in total. The second kappa shape index (κ2) is 9.99. The number of benzene rings is 1. The number of halogens is 1. The predicted octanol–water partition coefficient (Wildman–Crippen LogP) is 2.54. The number of rotatable bonds is 8. The zero-order chi connectivity index (χ0) is 24.4. The lowest BCUT2D eigenvalue weighted by Gasteiger charge is -2.17. The molecule has 2 aromatic heterocycles. The Labute approximate surface area is 201 Å². The van der Waals surface area contributed by atoms with Gasteiger partial charge in [-0.3, -0.25) is 23.5 Å². The Hall–Kier alpha value is -3.17. The zero-order valence-corrected chi connectivity index (χ0v) is 20.2. The molecule has 3 aromatic rings. The van der Waals surface area contributed by atoms with Crippen LogP contribution in [-0.4, -0.2) is 48.3 Å². The number of fused-ring (bicyclic) bond motifs is 1. The van der Waals surface area contributed by atoms with Crippen LogP contribution in [0.15, 0.2) is 51.0 Å². The molecular weight excluding hydrogens is 458 g/mol. The minimum Gasteiger partial charge on any atom is -0.455 e. The number of nitrogens with zero attached hydrogens (tertiary/aromatic N) is 5. The first-order valence-electron chi connectivity index (χ1n) is 11.3. The van der Waals surface area contributed by atoms with E-state index < -0.39 is 17.4 Å². The van der Waals surface area contributed by atoms with E-state index in [-0.39, 0.29) is 29.8 Å². The van der Waals surface area contributed by atoms with Gasteiger partial charge in [0.2, 0.25) is 0 Å². The van der Waals surface area contributed by atoms with Crippen LogP contribution in [0, 0.1) is 0 Å². The smallest absolute Gasteiger partial charge is 0.332 e. The van der Waals surface area contributed by atoms with Gasteiger partial charge in [-0.05, 0) is 49.6 Å². The van der Waals surface area contributed by atoms with Crippen molar-refractivity contribution >= 4 is 28.5 Å². The number of imidazole rings is 1. The van der Waals surface area contributed by atoms with Crippen molar-refractivity contribution < 1.29 is 9.84 Å². The third-order valence-corrected chi connectivity index (χ3v) is 6.19. The number of aliphatic hydroxyl groups is 1. The Kier molecular flexibility index (Phi) is 7.04. The lowest BCUT2D eigenvalue weighted by molar-refractivity contribution is 0.153. The Balaban J connectivity index is 1.84. The summed E-state index contributed by atoms with van der Waals surface area (Å²) >= 11 is 6.04. The van der Waals surface area contributed by atoms with Gasteiger partial charge in [0.05, 0.1) is 19.2 Å². The van der Waals surface area contributed by atoms with Crippen LogP contribution in [-0.2, 0) is 20.1 Å². The maximum absolute atomic E-state index is 13.5. The highest BCUT2D eigenvalue weighted by Crippen LogP contribution is 2.22. The van der Waals surface area contributed by atoms with Crippen molar-refractivity contribution in [3.8, 4) is 6.01 Å². The molecule has 3 heterocycles. The average Bonchev–Trinajstić information content (AvgIpc) is 3.18. The van der Waals surface area contributed by atoms with E-state index in [1.54, 1.807) is 23.7 Å². The predicted molar refractivity (Wildman–Crippen MR) is 132 cm³/mol. The standard InChI is InChI=1S/C24H28ClN5O4/c1-4-18(31)11-12-29-22(32)20-21(28(3)24(29)33)27-23(34-19-10-5-15(2)26-13-19)30(20)14-16-6-8-17(25)9-7-16/h5-10,18-19,31H,4,11-14H2,1-3H3. The Morgan fingerprint density at radius 3 is 2.62 bits per heavy atom. The fourth-order valence-electron chi connectivity index (χ4n) is 3.85. The molecule has 1 aliphatic rings. The van der Waals surface area contributed by atoms with Gasteiger partial charge in [0.25, 0.3) is 11.6 Å². The molecule has 0 spiro atoms. The monoisotopic (exact) mass is 485 g/mol. The third kappa shape index (κ3) is 4.85. The quantitative estimate of drug-likeness (QED) is 0.528. The van der Waals surface area contributed by atoms with Gasteiger partial charge in [0, 0.05) is 24.3 Å². The first-order valence-corrected chi connectivity index (χ1v) is 11.6. The summed E-state index contributed by atoms with van der Waals surface area (Å²) in [6.07, 6.45) is 3.69. The molecule has 0 saturated carbocycles. The molecule has 180 valence electrons. The molecule has 1 aromatic carbocycles. The van der Waals surface area contributed by atoms with Gasteiger partial charge in [0.15, 0.2) is 11.2 Å². The molecule has 0 bridgehead atoms. The number of aliphatic imine (C=N–C) groups is 1. The topological polar surface area (TPSA) is 104 Å². The molecule has 1 N–H and O–H groups in total. The first-order chi connectivity index (χ1) is 16.3. The molecule has 1 aliphatic heterocycles. The van der Waals surface area contributed by atoms with E-state index in [2.05, 4.69) is 9.98 Å². The van der Waals surface area contributed by atoms with Gasteiger partial charge < -0.3 is 9.84 Å². The third-order valence-electron chi connectivity index (χ3n) is 5.94. The van der Waals surface area contributed by atoms with Crippen LogP contribution in [0.2, 0.25) is 5.02 Å². The summed E-state index contributed by atoms with van der Waals surface area (Å²) in [6.45, 7) is 4.61. The van der Waals surface area contributed by atoms with Crippen LogP contribution in [0.1, 0.15) is 32.3 Å². The molecule has 0 aliphatic carbocycles. The maximum Gasteiger partial charge on any atom is 0.332 e. The molecule has 10 heteroatoms. The zero-order valence-electron chi connectivity index (χ0n) is 19.4. The van der Waals surface area contributed by atoms with E-state index in [1.165, 1.54) is 4.57 Å². The lowest BCUT2D eigenvalue weighted by atomic mass is 10.2. The van der Waals surface area contributed by atoms with Crippen molar-refractivity contribution in [2.45, 2.75) is 52.0 Å². The highest BCUT2D eigenvalue weighted by molar-refractivity contribution is 6.30. The van der Waals surface area contributed by atoms with Gasteiger partial charge in [-0.1, -0.05) is 30.7 Å².